The molecule has 1 N–H and O–H groups in total. The van der Waals surface area contributed by atoms with E-state index in [1.807, 2.05) is 4.90 Å². The second kappa shape index (κ2) is 6.34. The van der Waals surface area contributed by atoms with E-state index in [0.29, 0.717) is 12.5 Å². The Bertz CT molecular complexity index is 406. The maximum Gasteiger partial charge on any atom is 0.307 e. The zero-order chi connectivity index (χ0) is 14.8. The van der Waals surface area contributed by atoms with Crippen LogP contribution in [0.15, 0.2) is 0 Å². The van der Waals surface area contributed by atoms with E-state index in [1.54, 1.807) is 0 Å². The summed E-state index contributed by atoms with van der Waals surface area (Å²) in [6.07, 6.45) is 7.21. The summed E-state index contributed by atoms with van der Waals surface area (Å²) in [5, 5.41) is 9.25. The molecule has 21 heavy (non-hydrogen) atoms. The summed E-state index contributed by atoms with van der Waals surface area (Å²) >= 11 is 0. The van der Waals surface area contributed by atoms with Gasteiger partial charge in [-0.25, -0.2) is 0 Å². The third kappa shape index (κ3) is 3.07. The zero-order valence-corrected chi connectivity index (χ0v) is 12.7. The second-order valence-electron chi connectivity index (χ2n) is 6.81. The van der Waals surface area contributed by atoms with Crippen LogP contribution in [0.4, 0.5) is 0 Å². The van der Waals surface area contributed by atoms with Crippen LogP contribution >= 0.6 is 0 Å². The van der Waals surface area contributed by atoms with Crippen LogP contribution in [0.3, 0.4) is 0 Å². The first kappa shape index (κ1) is 14.8. The van der Waals surface area contributed by atoms with Gasteiger partial charge in [0.1, 0.15) is 0 Å². The van der Waals surface area contributed by atoms with E-state index in [9.17, 15) is 14.7 Å². The first-order valence-electron chi connectivity index (χ1n) is 8.42. The Balaban J connectivity index is 1.57. The molecule has 2 saturated heterocycles. The molecule has 3 aliphatic rings. The molecule has 5 nitrogen and oxygen atoms in total. The van der Waals surface area contributed by atoms with E-state index in [4.69, 9.17) is 0 Å². The number of rotatable bonds is 3. The summed E-state index contributed by atoms with van der Waals surface area (Å²) in [7, 11) is 0. The molecule has 0 aromatic carbocycles. The van der Waals surface area contributed by atoms with Gasteiger partial charge in [-0.2, -0.15) is 0 Å². The molecule has 1 saturated carbocycles. The van der Waals surface area contributed by atoms with Gasteiger partial charge in [0.25, 0.3) is 0 Å². The van der Waals surface area contributed by atoms with Crippen molar-refractivity contribution in [3.05, 3.63) is 0 Å². The Labute approximate surface area is 126 Å². The average molecular weight is 294 g/mol. The molecular weight excluding hydrogens is 268 g/mol. The number of carboxylic acids is 1. The van der Waals surface area contributed by atoms with Crippen LogP contribution in [0.5, 0.6) is 0 Å². The largest absolute Gasteiger partial charge is 0.481 e. The van der Waals surface area contributed by atoms with Gasteiger partial charge in [-0.3, -0.25) is 14.5 Å². The van der Waals surface area contributed by atoms with Gasteiger partial charge in [-0.1, -0.05) is 12.8 Å². The van der Waals surface area contributed by atoms with Gasteiger partial charge in [-0.15, -0.1) is 0 Å². The highest BCUT2D eigenvalue weighted by atomic mass is 16.4. The average Bonchev–Trinajstić information content (AvgIpc) is 3.17. The highest BCUT2D eigenvalue weighted by molar-refractivity contribution is 5.85. The lowest BCUT2D eigenvalue weighted by atomic mass is 9.95. The fourth-order valence-corrected chi connectivity index (χ4v) is 4.31. The Hall–Kier alpha value is -1.10. The minimum Gasteiger partial charge on any atom is -0.481 e. The molecule has 0 radical (unpaired) electrons. The maximum absolute atomic E-state index is 12.6. The number of carbonyl (C=O) groups is 2. The van der Waals surface area contributed by atoms with Crippen molar-refractivity contribution in [1.82, 2.24) is 9.80 Å². The number of amides is 1. The predicted molar refractivity (Wildman–Crippen MR) is 78.9 cm³/mol. The van der Waals surface area contributed by atoms with Gasteiger partial charge in [0.15, 0.2) is 0 Å². The van der Waals surface area contributed by atoms with E-state index < -0.39 is 11.9 Å². The van der Waals surface area contributed by atoms with Crippen LogP contribution in [0, 0.1) is 11.8 Å². The highest BCUT2D eigenvalue weighted by Crippen LogP contribution is 2.34. The van der Waals surface area contributed by atoms with Crippen LogP contribution in [0.1, 0.15) is 44.9 Å². The molecule has 0 spiro atoms. The van der Waals surface area contributed by atoms with E-state index in [-0.39, 0.29) is 11.8 Å². The van der Waals surface area contributed by atoms with Crippen molar-refractivity contribution in [3.8, 4) is 0 Å². The standard InChI is InChI=1S/C16H26N2O3/c19-15(13-5-4-6-14(13)16(20)21)18-10-7-12(11-18)17-8-2-1-3-9-17/h12-14H,1-11H2,(H,20,21)/t12?,13-,14+/m1/s1. The summed E-state index contributed by atoms with van der Waals surface area (Å²) < 4.78 is 0. The molecule has 3 atom stereocenters. The molecule has 1 aliphatic carbocycles. The summed E-state index contributed by atoms with van der Waals surface area (Å²) in [4.78, 5) is 28.4. The van der Waals surface area contributed by atoms with Gasteiger partial charge in [0.05, 0.1) is 11.8 Å². The fraction of sp³-hybridized carbons (Fsp3) is 0.875. The number of hydrogen-bond donors (Lipinski definition) is 1. The Morgan fingerprint density at radius 3 is 2.29 bits per heavy atom. The van der Waals surface area contributed by atoms with E-state index in [1.165, 1.54) is 19.3 Å². The summed E-state index contributed by atoms with van der Waals surface area (Å²) in [6.45, 7) is 3.94. The van der Waals surface area contributed by atoms with Crippen molar-refractivity contribution < 1.29 is 14.7 Å². The monoisotopic (exact) mass is 294 g/mol. The van der Waals surface area contributed by atoms with Gasteiger partial charge in [-0.05, 0) is 45.2 Å². The van der Waals surface area contributed by atoms with Crippen molar-refractivity contribution in [2.45, 2.75) is 51.0 Å². The summed E-state index contributed by atoms with van der Waals surface area (Å²) in [5.74, 6) is -1.42. The van der Waals surface area contributed by atoms with Crippen molar-refractivity contribution >= 4 is 11.9 Å². The molecule has 2 aliphatic heterocycles. The maximum atomic E-state index is 12.6. The lowest BCUT2D eigenvalue weighted by Gasteiger charge is -2.32. The normalized spacial score (nSPS) is 34.3. The SMILES string of the molecule is O=C(O)[C@H]1CCC[C@H]1C(=O)N1CCC(N2CCCCC2)C1. The van der Waals surface area contributed by atoms with Gasteiger partial charge >= 0.3 is 5.97 Å². The van der Waals surface area contributed by atoms with E-state index >= 15 is 0 Å². The van der Waals surface area contributed by atoms with Gasteiger partial charge < -0.3 is 10.0 Å². The van der Waals surface area contributed by atoms with Gasteiger partial charge in [0, 0.05) is 19.1 Å². The molecule has 0 aromatic rings. The summed E-state index contributed by atoms with van der Waals surface area (Å²) in [6, 6.07) is 0.499. The molecule has 0 bridgehead atoms. The lowest BCUT2D eigenvalue weighted by molar-refractivity contribution is -0.148. The molecule has 2 heterocycles. The fourth-order valence-electron chi connectivity index (χ4n) is 4.31. The topological polar surface area (TPSA) is 60.9 Å². The Morgan fingerprint density at radius 1 is 0.857 bits per heavy atom. The zero-order valence-electron chi connectivity index (χ0n) is 12.7. The molecule has 3 rings (SSSR count). The molecule has 1 unspecified atom stereocenters. The lowest BCUT2D eigenvalue weighted by Crippen LogP contribution is -2.43. The number of piperidine rings is 1. The van der Waals surface area contributed by atoms with Gasteiger partial charge in [0.2, 0.25) is 5.91 Å². The van der Waals surface area contributed by atoms with Crippen LogP contribution in [-0.2, 0) is 9.59 Å². The second-order valence-corrected chi connectivity index (χ2v) is 6.81. The summed E-state index contributed by atoms with van der Waals surface area (Å²) in [5.41, 5.74) is 0. The predicted octanol–water partition coefficient (Wildman–Crippen LogP) is 1.57. The number of aliphatic carboxylic acids is 1. The molecule has 1 amide bonds. The van der Waals surface area contributed by atoms with Crippen LogP contribution < -0.4 is 0 Å². The van der Waals surface area contributed by atoms with Crippen molar-refractivity contribution in [3.63, 3.8) is 0 Å². The smallest absolute Gasteiger partial charge is 0.307 e. The molecule has 5 heteroatoms. The van der Waals surface area contributed by atoms with Crippen LogP contribution in [0.2, 0.25) is 0 Å². The van der Waals surface area contributed by atoms with Crippen LogP contribution in [0.25, 0.3) is 0 Å². The first-order chi connectivity index (χ1) is 10.2. The third-order valence-corrected chi connectivity index (χ3v) is 5.53. The molecular formula is C16H26N2O3. The van der Waals surface area contributed by atoms with E-state index in [2.05, 4.69) is 4.90 Å². The van der Waals surface area contributed by atoms with Crippen molar-refractivity contribution in [1.29, 1.82) is 0 Å². The number of carbonyl (C=O) groups excluding carboxylic acids is 1. The molecule has 3 fully saturated rings. The van der Waals surface area contributed by atoms with Crippen molar-refractivity contribution in [2.75, 3.05) is 26.2 Å². The molecule has 118 valence electrons. The number of carboxylic acid groups (broad SMARTS) is 1. The van der Waals surface area contributed by atoms with Crippen molar-refractivity contribution in [2.24, 2.45) is 11.8 Å². The molecule has 0 aromatic heterocycles. The van der Waals surface area contributed by atoms with Crippen LogP contribution in [-0.4, -0.2) is 59.0 Å². The number of nitrogens with zero attached hydrogens (tertiary/aromatic N) is 2. The van der Waals surface area contributed by atoms with E-state index in [0.717, 1.165) is 45.4 Å². The number of hydrogen-bond acceptors (Lipinski definition) is 3. The Kier molecular flexibility index (Phi) is 4.48. The quantitative estimate of drug-likeness (QED) is 0.858. The minimum atomic E-state index is -0.794. The number of likely N-dealkylation sites (tertiary alicyclic amines) is 2. The Morgan fingerprint density at radius 2 is 1.57 bits per heavy atom. The first-order valence-corrected chi connectivity index (χ1v) is 8.42. The highest BCUT2D eigenvalue weighted by Gasteiger charge is 2.41. The minimum absolute atomic E-state index is 0.0967. The third-order valence-electron chi connectivity index (χ3n) is 5.53.